The molecule has 2 aliphatic carbocycles. The molecule has 1 aromatic rings. The number of allylic oxidation sites excluding steroid dienone is 5. The van der Waals surface area contributed by atoms with Crippen LogP contribution in [0.15, 0.2) is 34.5 Å². The highest BCUT2D eigenvalue weighted by molar-refractivity contribution is 9.11. The average molecular weight is 351 g/mol. The van der Waals surface area contributed by atoms with Crippen LogP contribution < -0.4 is 0 Å². The van der Waals surface area contributed by atoms with Gasteiger partial charge in [0.1, 0.15) is 5.15 Å². The van der Waals surface area contributed by atoms with Crippen molar-refractivity contribution in [2.24, 2.45) is 5.92 Å². The highest BCUT2D eigenvalue weighted by atomic mass is 79.9. The number of hydrogen-bond acceptors (Lipinski definition) is 0. The Balaban J connectivity index is 2.12. The molecule has 2 atom stereocenters. The summed E-state index contributed by atoms with van der Waals surface area (Å²) in [7, 11) is 0. The highest BCUT2D eigenvalue weighted by Gasteiger charge is 2.39. The Bertz CT molecular complexity index is 624. The van der Waals surface area contributed by atoms with Gasteiger partial charge in [0.2, 0.25) is 0 Å². The van der Waals surface area contributed by atoms with E-state index in [4.69, 9.17) is 11.6 Å². The van der Waals surface area contributed by atoms with E-state index in [0.717, 1.165) is 17.2 Å². The molecular weight excluding hydrogens is 343 g/mol. The molecule has 1 aromatic heterocycles. The van der Waals surface area contributed by atoms with E-state index >= 15 is 0 Å². The number of rotatable bonds is 0. The predicted molar refractivity (Wildman–Crippen MR) is 72.2 cm³/mol. The van der Waals surface area contributed by atoms with Crippen molar-refractivity contribution in [3.05, 3.63) is 50.8 Å². The standard InChI is InChI=1S/C13H8BrClF3N/c14-11-4-6(13(16,17)18)3-9-7(11)1-2-8-10(9)5-19-12(8)15/h1-5,7,9,19H. The summed E-state index contributed by atoms with van der Waals surface area (Å²) in [6, 6.07) is 0. The molecule has 19 heavy (non-hydrogen) atoms. The minimum atomic E-state index is -4.34. The molecule has 3 rings (SSSR count). The first-order chi connectivity index (χ1) is 8.88. The minimum Gasteiger partial charge on any atom is -0.352 e. The van der Waals surface area contributed by atoms with E-state index in [-0.39, 0.29) is 11.8 Å². The Morgan fingerprint density at radius 2 is 2.00 bits per heavy atom. The molecule has 0 radical (unpaired) electrons. The fourth-order valence-corrected chi connectivity index (χ4v) is 3.41. The lowest BCUT2D eigenvalue weighted by Crippen LogP contribution is -2.21. The zero-order valence-electron chi connectivity index (χ0n) is 9.43. The number of H-pyrrole nitrogens is 1. The molecule has 0 spiro atoms. The largest absolute Gasteiger partial charge is 0.416 e. The van der Waals surface area contributed by atoms with Gasteiger partial charge in [-0.3, -0.25) is 0 Å². The van der Waals surface area contributed by atoms with E-state index in [1.165, 1.54) is 6.08 Å². The van der Waals surface area contributed by atoms with E-state index in [9.17, 15) is 13.2 Å². The molecule has 1 nitrogen and oxygen atoms in total. The smallest absolute Gasteiger partial charge is 0.352 e. The number of halogens is 5. The Morgan fingerprint density at radius 3 is 2.68 bits per heavy atom. The molecule has 0 aromatic carbocycles. The van der Waals surface area contributed by atoms with Crippen LogP contribution in [0.4, 0.5) is 13.2 Å². The van der Waals surface area contributed by atoms with Crippen LogP contribution in [0.5, 0.6) is 0 Å². The number of aromatic nitrogens is 1. The van der Waals surface area contributed by atoms with Crippen LogP contribution in [-0.2, 0) is 0 Å². The van der Waals surface area contributed by atoms with Gasteiger partial charge in [-0.2, -0.15) is 13.2 Å². The third-order valence-electron chi connectivity index (χ3n) is 3.42. The fourth-order valence-electron chi connectivity index (χ4n) is 2.50. The molecular formula is C13H8BrClF3N. The van der Waals surface area contributed by atoms with Gasteiger partial charge in [-0.1, -0.05) is 45.8 Å². The van der Waals surface area contributed by atoms with E-state index in [2.05, 4.69) is 20.9 Å². The van der Waals surface area contributed by atoms with E-state index < -0.39 is 11.7 Å². The molecule has 1 heterocycles. The lowest BCUT2D eigenvalue weighted by molar-refractivity contribution is -0.0888. The maximum absolute atomic E-state index is 12.9. The SMILES string of the molecule is FC(F)(F)C1=CC2c3c[nH]c(Cl)c3C=CC2C(Br)=C1. The molecule has 1 N–H and O–H groups in total. The summed E-state index contributed by atoms with van der Waals surface area (Å²) >= 11 is 9.22. The van der Waals surface area contributed by atoms with Crippen LogP contribution in [0.25, 0.3) is 6.08 Å². The minimum absolute atomic E-state index is 0.106. The van der Waals surface area contributed by atoms with Crippen LogP contribution in [-0.4, -0.2) is 11.2 Å². The lowest BCUT2D eigenvalue weighted by Gasteiger charge is -2.30. The van der Waals surface area contributed by atoms with Gasteiger partial charge in [0, 0.05) is 28.1 Å². The summed E-state index contributed by atoms with van der Waals surface area (Å²) in [6.07, 6.45) is 3.46. The van der Waals surface area contributed by atoms with Gasteiger partial charge >= 0.3 is 6.18 Å². The first-order valence-electron chi connectivity index (χ1n) is 5.59. The second kappa shape index (κ2) is 4.28. The van der Waals surface area contributed by atoms with E-state index in [1.54, 1.807) is 6.20 Å². The van der Waals surface area contributed by atoms with Gasteiger partial charge in [-0.25, -0.2) is 0 Å². The third-order valence-corrected chi connectivity index (χ3v) is 4.49. The quantitative estimate of drug-likeness (QED) is 0.664. The van der Waals surface area contributed by atoms with Crippen molar-refractivity contribution < 1.29 is 13.2 Å². The number of fused-ring (bicyclic) bond motifs is 3. The van der Waals surface area contributed by atoms with Crippen molar-refractivity contribution in [3.63, 3.8) is 0 Å². The zero-order valence-corrected chi connectivity index (χ0v) is 11.8. The number of hydrogen-bond donors (Lipinski definition) is 1. The molecule has 100 valence electrons. The van der Waals surface area contributed by atoms with E-state index in [0.29, 0.717) is 9.64 Å². The Hall–Kier alpha value is -0.940. The molecule has 0 aliphatic heterocycles. The van der Waals surface area contributed by atoms with Crippen molar-refractivity contribution in [1.82, 2.24) is 4.98 Å². The monoisotopic (exact) mass is 349 g/mol. The Kier molecular flexibility index (Phi) is 2.94. The summed E-state index contributed by atoms with van der Waals surface area (Å²) in [5.74, 6) is -0.454. The van der Waals surface area contributed by atoms with Crippen molar-refractivity contribution >= 4 is 33.6 Å². The van der Waals surface area contributed by atoms with Gasteiger partial charge in [0.25, 0.3) is 0 Å². The fraction of sp³-hybridized carbons (Fsp3) is 0.231. The summed E-state index contributed by atoms with van der Waals surface area (Å²) in [5, 5.41) is 0.456. The van der Waals surface area contributed by atoms with Gasteiger partial charge in [0.05, 0.1) is 5.57 Å². The molecule has 2 unspecified atom stereocenters. The van der Waals surface area contributed by atoms with Crippen LogP contribution in [0.3, 0.4) is 0 Å². The maximum Gasteiger partial charge on any atom is 0.416 e. The topological polar surface area (TPSA) is 15.8 Å². The van der Waals surface area contributed by atoms with Crippen molar-refractivity contribution in [3.8, 4) is 0 Å². The molecule has 0 saturated carbocycles. The number of nitrogens with one attached hydrogen (secondary N) is 1. The Morgan fingerprint density at radius 1 is 1.26 bits per heavy atom. The Labute approximate surface area is 121 Å². The summed E-state index contributed by atoms with van der Waals surface area (Å²) in [4.78, 5) is 2.85. The summed E-state index contributed by atoms with van der Waals surface area (Å²) in [6.45, 7) is 0. The van der Waals surface area contributed by atoms with Crippen LogP contribution in [0.2, 0.25) is 5.15 Å². The van der Waals surface area contributed by atoms with Crippen molar-refractivity contribution in [1.29, 1.82) is 0 Å². The van der Waals surface area contributed by atoms with Crippen LogP contribution >= 0.6 is 27.5 Å². The van der Waals surface area contributed by atoms with Crippen molar-refractivity contribution in [2.75, 3.05) is 0 Å². The maximum atomic E-state index is 12.9. The van der Waals surface area contributed by atoms with Crippen molar-refractivity contribution in [2.45, 2.75) is 12.1 Å². The van der Waals surface area contributed by atoms with Gasteiger partial charge in [-0.15, -0.1) is 0 Å². The first kappa shape index (κ1) is 13.1. The normalized spacial score (nSPS) is 25.5. The average Bonchev–Trinajstić information content (AvgIpc) is 2.70. The second-order valence-corrected chi connectivity index (χ2v) is 5.82. The molecule has 0 fully saturated rings. The highest BCUT2D eigenvalue weighted by Crippen LogP contribution is 2.48. The third kappa shape index (κ3) is 2.09. The van der Waals surface area contributed by atoms with Gasteiger partial charge < -0.3 is 4.98 Å². The van der Waals surface area contributed by atoms with E-state index in [1.807, 2.05) is 12.2 Å². The molecule has 0 saturated heterocycles. The number of alkyl halides is 3. The second-order valence-electron chi connectivity index (χ2n) is 4.53. The lowest BCUT2D eigenvalue weighted by atomic mass is 9.77. The molecule has 2 aliphatic rings. The summed E-state index contributed by atoms with van der Waals surface area (Å²) in [5.41, 5.74) is 0.936. The van der Waals surface area contributed by atoms with Gasteiger partial charge in [0.15, 0.2) is 0 Å². The molecule has 0 bridgehead atoms. The number of aromatic amines is 1. The van der Waals surface area contributed by atoms with Gasteiger partial charge in [-0.05, 0) is 11.6 Å². The summed E-state index contributed by atoms with van der Waals surface area (Å²) < 4.78 is 39.1. The van der Waals surface area contributed by atoms with Crippen LogP contribution in [0, 0.1) is 5.92 Å². The first-order valence-corrected chi connectivity index (χ1v) is 6.76. The van der Waals surface area contributed by atoms with Crippen LogP contribution in [0.1, 0.15) is 17.0 Å². The zero-order chi connectivity index (χ0) is 13.8. The molecule has 6 heteroatoms. The predicted octanol–water partition coefficient (Wildman–Crippen LogP) is 5.18. The molecule has 0 amide bonds.